The number of fused-ring (bicyclic) bond motifs is 1. The van der Waals surface area contributed by atoms with Gasteiger partial charge in [0, 0.05) is 44.3 Å². The van der Waals surface area contributed by atoms with Crippen LogP contribution in [0.2, 0.25) is 18.1 Å². The van der Waals surface area contributed by atoms with Gasteiger partial charge in [-0.05, 0) is 54.7 Å². The quantitative estimate of drug-likeness (QED) is 0.187. The largest absolute Gasteiger partial charge is 0.415 e. The molecule has 47 heavy (non-hydrogen) atoms. The molecule has 10 nitrogen and oxygen atoms in total. The van der Waals surface area contributed by atoms with E-state index in [0.717, 1.165) is 18.1 Å². The number of rotatable bonds is 10. The SMILES string of the molecule is CCc1cnc(N2CC[C@@H](n3cc(F)c4c(Nc5ccc(C(=O)N(C)CCO[Si](C)(C)C(C)(C)C)cc5F)ncnc43)[C@H](F)C2)nc1. The first kappa shape index (κ1) is 34.3. The number of carbonyl (C=O) groups is 1. The van der Waals surface area contributed by atoms with E-state index in [1.807, 2.05) is 6.92 Å². The number of aromatic nitrogens is 5. The fourth-order valence-electron chi connectivity index (χ4n) is 5.32. The van der Waals surface area contributed by atoms with E-state index in [-0.39, 0.29) is 45.6 Å². The topological polar surface area (TPSA) is 101 Å². The van der Waals surface area contributed by atoms with Crippen LogP contribution in [0.25, 0.3) is 11.0 Å². The van der Waals surface area contributed by atoms with E-state index in [1.165, 1.54) is 34.1 Å². The van der Waals surface area contributed by atoms with Crippen LogP contribution in [0.15, 0.2) is 43.1 Å². The van der Waals surface area contributed by atoms with Gasteiger partial charge in [0.15, 0.2) is 14.1 Å². The van der Waals surface area contributed by atoms with Gasteiger partial charge in [0.25, 0.3) is 5.91 Å². The highest BCUT2D eigenvalue weighted by atomic mass is 28.4. The molecule has 4 heterocycles. The van der Waals surface area contributed by atoms with Crippen LogP contribution in [0.5, 0.6) is 0 Å². The van der Waals surface area contributed by atoms with Crippen LogP contribution in [-0.4, -0.2) is 83.1 Å². The molecule has 252 valence electrons. The van der Waals surface area contributed by atoms with Gasteiger partial charge in [-0.1, -0.05) is 27.7 Å². The van der Waals surface area contributed by atoms with Crippen molar-refractivity contribution in [3.8, 4) is 0 Å². The number of likely N-dealkylation sites (N-methyl/N-ethyl adjacent to an activating group) is 1. The molecular formula is C33H43F3N8O2Si. The van der Waals surface area contributed by atoms with Gasteiger partial charge in [-0.3, -0.25) is 4.79 Å². The van der Waals surface area contributed by atoms with Crippen molar-refractivity contribution in [1.82, 2.24) is 29.4 Å². The summed E-state index contributed by atoms with van der Waals surface area (Å²) < 4.78 is 54.0. The molecule has 0 bridgehead atoms. The number of hydrogen-bond acceptors (Lipinski definition) is 8. The second-order valence-corrected chi connectivity index (χ2v) is 18.3. The number of aryl methyl sites for hydroxylation is 1. The number of piperidine rings is 1. The van der Waals surface area contributed by atoms with Crippen molar-refractivity contribution in [3.63, 3.8) is 0 Å². The lowest BCUT2D eigenvalue weighted by Crippen LogP contribution is -2.43. The van der Waals surface area contributed by atoms with E-state index >= 15 is 13.2 Å². The van der Waals surface area contributed by atoms with Crippen LogP contribution >= 0.6 is 0 Å². The van der Waals surface area contributed by atoms with Gasteiger partial charge in [-0.15, -0.1) is 0 Å². The van der Waals surface area contributed by atoms with E-state index in [1.54, 1.807) is 24.3 Å². The third-order valence-electron chi connectivity index (χ3n) is 9.32. The molecular weight excluding hydrogens is 625 g/mol. The maximum atomic E-state index is 15.6. The van der Waals surface area contributed by atoms with Crippen LogP contribution < -0.4 is 10.2 Å². The predicted octanol–water partition coefficient (Wildman–Crippen LogP) is 6.69. The summed E-state index contributed by atoms with van der Waals surface area (Å²) in [5, 5.41) is 2.91. The summed E-state index contributed by atoms with van der Waals surface area (Å²) in [6, 6.07) is 3.37. The van der Waals surface area contributed by atoms with Gasteiger partial charge in [0.2, 0.25) is 5.95 Å². The maximum absolute atomic E-state index is 15.6. The molecule has 1 aromatic carbocycles. The van der Waals surface area contributed by atoms with Crippen LogP contribution in [0.1, 0.15) is 56.1 Å². The molecule has 0 aliphatic carbocycles. The minimum atomic E-state index is -1.96. The maximum Gasteiger partial charge on any atom is 0.253 e. The Morgan fingerprint density at radius 3 is 2.49 bits per heavy atom. The Kier molecular flexibility index (Phi) is 9.92. The number of amides is 1. The van der Waals surface area contributed by atoms with Crippen molar-refractivity contribution >= 4 is 42.7 Å². The average Bonchev–Trinajstić information content (AvgIpc) is 3.37. The number of benzene rings is 1. The molecule has 1 N–H and O–H groups in total. The number of nitrogens with zero attached hydrogens (tertiary/aromatic N) is 7. The van der Waals surface area contributed by atoms with E-state index in [2.05, 4.69) is 59.1 Å². The normalized spacial score (nSPS) is 17.3. The second kappa shape index (κ2) is 13.6. The molecule has 0 spiro atoms. The molecule has 5 rings (SSSR count). The summed E-state index contributed by atoms with van der Waals surface area (Å²) in [7, 11) is -0.315. The summed E-state index contributed by atoms with van der Waals surface area (Å²) in [6.45, 7) is 14.0. The van der Waals surface area contributed by atoms with Crippen LogP contribution in [0.3, 0.4) is 0 Å². The van der Waals surface area contributed by atoms with E-state index < -0.39 is 32.2 Å². The molecule has 1 aliphatic heterocycles. The molecule has 2 atom stereocenters. The minimum absolute atomic E-state index is 0.00313. The molecule has 1 fully saturated rings. The summed E-state index contributed by atoms with van der Waals surface area (Å²) in [4.78, 5) is 33.5. The molecule has 0 radical (unpaired) electrons. The lowest BCUT2D eigenvalue weighted by Gasteiger charge is -2.36. The molecule has 14 heteroatoms. The first-order valence-electron chi connectivity index (χ1n) is 15.9. The molecule has 0 saturated carbocycles. The zero-order valence-electron chi connectivity index (χ0n) is 28.0. The highest BCUT2D eigenvalue weighted by molar-refractivity contribution is 6.74. The van der Waals surface area contributed by atoms with Crippen LogP contribution in [0.4, 0.5) is 30.6 Å². The van der Waals surface area contributed by atoms with Crippen molar-refractivity contribution in [3.05, 3.63) is 65.9 Å². The number of alkyl halides is 1. The summed E-state index contributed by atoms with van der Waals surface area (Å²) in [6.07, 6.45) is 5.75. The predicted molar refractivity (Wildman–Crippen MR) is 179 cm³/mol. The summed E-state index contributed by atoms with van der Waals surface area (Å²) >= 11 is 0. The lowest BCUT2D eigenvalue weighted by molar-refractivity contribution is 0.0769. The third-order valence-corrected chi connectivity index (χ3v) is 13.9. The zero-order chi connectivity index (χ0) is 34.1. The molecule has 1 aliphatic rings. The zero-order valence-corrected chi connectivity index (χ0v) is 29.0. The Hall–Kier alpha value is -4.04. The van der Waals surface area contributed by atoms with Gasteiger partial charge in [0.05, 0.1) is 30.3 Å². The monoisotopic (exact) mass is 668 g/mol. The van der Waals surface area contributed by atoms with Crippen molar-refractivity contribution in [2.75, 3.05) is 43.5 Å². The Morgan fingerprint density at radius 2 is 1.85 bits per heavy atom. The van der Waals surface area contributed by atoms with Gasteiger partial charge in [-0.2, -0.15) is 0 Å². The fraction of sp³-hybridized carbons (Fsp3) is 0.485. The smallest absolute Gasteiger partial charge is 0.253 e. The number of anilines is 3. The van der Waals surface area contributed by atoms with E-state index in [9.17, 15) is 4.79 Å². The molecule has 0 unspecified atom stereocenters. The van der Waals surface area contributed by atoms with E-state index in [0.29, 0.717) is 32.1 Å². The molecule has 1 amide bonds. The number of hydrogen-bond donors (Lipinski definition) is 1. The fourth-order valence-corrected chi connectivity index (χ4v) is 6.36. The second-order valence-electron chi connectivity index (χ2n) is 13.5. The molecule has 3 aromatic heterocycles. The first-order chi connectivity index (χ1) is 22.2. The van der Waals surface area contributed by atoms with Gasteiger partial charge < -0.3 is 24.1 Å². The van der Waals surface area contributed by atoms with Gasteiger partial charge >= 0.3 is 0 Å². The first-order valence-corrected chi connectivity index (χ1v) is 18.8. The van der Waals surface area contributed by atoms with Crippen LogP contribution in [0, 0.1) is 11.6 Å². The summed E-state index contributed by atoms with van der Waals surface area (Å²) in [5.74, 6) is -1.24. The summed E-state index contributed by atoms with van der Waals surface area (Å²) in [5.41, 5.74) is 1.36. The van der Waals surface area contributed by atoms with E-state index in [4.69, 9.17) is 4.43 Å². The van der Waals surface area contributed by atoms with Crippen molar-refractivity contribution in [1.29, 1.82) is 0 Å². The Morgan fingerprint density at radius 1 is 1.13 bits per heavy atom. The van der Waals surface area contributed by atoms with Crippen molar-refractivity contribution < 1.29 is 22.4 Å². The Bertz CT molecular complexity index is 1730. The van der Waals surface area contributed by atoms with Crippen molar-refractivity contribution in [2.24, 2.45) is 0 Å². The average molecular weight is 669 g/mol. The Balaban J connectivity index is 1.28. The highest BCUT2D eigenvalue weighted by Gasteiger charge is 2.37. The van der Waals surface area contributed by atoms with Gasteiger partial charge in [-0.25, -0.2) is 33.1 Å². The Labute approximate surface area is 274 Å². The highest BCUT2D eigenvalue weighted by Crippen LogP contribution is 2.37. The van der Waals surface area contributed by atoms with Crippen LogP contribution in [-0.2, 0) is 10.8 Å². The lowest BCUT2D eigenvalue weighted by atomic mass is 10.0. The standard InChI is InChI=1S/C33H43F3N8O2Si/c1-8-21-16-37-32(38-17-21)43-12-11-27(24(35)18-43)44-19-25(36)28-29(39-20-40-30(28)44)41-26-10-9-22(15-23(26)34)31(45)42(5)13-14-46-47(6,7)33(2,3)4/h9-10,15-17,19-20,24,27H,8,11-14,18H2,1-7H3,(H,39,40,41)/t24-,27-/m1/s1. The number of halogens is 3. The van der Waals surface area contributed by atoms with Gasteiger partial charge in [0.1, 0.15) is 29.8 Å². The molecule has 4 aromatic rings. The van der Waals surface area contributed by atoms with Crippen molar-refractivity contribution in [2.45, 2.75) is 70.9 Å². The third kappa shape index (κ3) is 7.28. The minimum Gasteiger partial charge on any atom is -0.415 e. The molecule has 1 saturated heterocycles. The number of carbonyl (C=O) groups excluding carboxylic acids is 1. The number of nitrogens with one attached hydrogen (secondary N) is 1.